The fraction of sp³-hybridized carbons (Fsp3) is 0.292. The van der Waals surface area contributed by atoms with Gasteiger partial charge in [0.25, 0.3) is 11.9 Å². The summed E-state index contributed by atoms with van der Waals surface area (Å²) in [5.74, 6) is 1.48. The van der Waals surface area contributed by atoms with Gasteiger partial charge >= 0.3 is 0 Å². The highest BCUT2D eigenvalue weighted by molar-refractivity contribution is 6.05. The second-order valence-electron chi connectivity index (χ2n) is 8.15. The summed E-state index contributed by atoms with van der Waals surface area (Å²) in [6, 6.07) is 15.1. The first-order chi connectivity index (χ1) is 15.0. The Labute approximate surface area is 179 Å². The number of nitrogen functional groups attached to an aromatic ring is 1. The Kier molecular flexibility index (Phi) is 4.73. The van der Waals surface area contributed by atoms with E-state index in [1.165, 1.54) is 0 Å². The molecule has 1 amide bonds. The molecule has 1 unspecified atom stereocenters. The van der Waals surface area contributed by atoms with E-state index >= 15 is 0 Å². The quantitative estimate of drug-likeness (QED) is 0.493. The second-order valence-corrected chi connectivity index (χ2v) is 8.15. The lowest BCUT2D eigenvalue weighted by Gasteiger charge is -2.22. The number of hydrogen-bond donors (Lipinski definition) is 1. The fourth-order valence-corrected chi connectivity index (χ4v) is 4.25. The van der Waals surface area contributed by atoms with E-state index in [9.17, 15) is 4.79 Å². The molecule has 0 spiro atoms. The summed E-state index contributed by atoms with van der Waals surface area (Å²) in [5.41, 5.74) is 9.03. The van der Waals surface area contributed by atoms with Crippen molar-refractivity contribution in [2.75, 3.05) is 12.3 Å². The summed E-state index contributed by atoms with van der Waals surface area (Å²) in [6.45, 7) is 4.81. The van der Waals surface area contributed by atoms with Crippen LogP contribution in [0.25, 0.3) is 22.4 Å². The largest absolute Gasteiger partial charge is 0.442 e. The maximum Gasteiger partial charge on any atom is 0.293 e. The molecular weight excluding hydrogens is 392 g/mol. The van der Waals surface area contributed by atoms with Crippen LogP contribution < -0.4 is 5.73 Å². The first-order valence-corrected chi connectivity index (χ1v) is 10.5. The number of rotatable bonds is 4. The van der Waals surface area contributed by atoms with Gasteiger partial charge in [-0.25, -0.2) is 4.98 Å². The molecule has 0 aliphatic carbocycles. The third-order valence-corrected chi connectivity index (χ3v) is 5.71. The molecule has 1 aliphatic heterocycles. The number of nitrogens with zero attached hydrogens (tertiary/aromatic N) is 3. The number of anilines is 1. The van der Waals surface area contributed by atoms with Crippen LogP contribution in [-0.4, -0.2) is 27.3 Å². The van der Waals surface area contributed by atoms with E-state index in [2.05, 4.69) is 18.8 Å². The molecule has 2 aromatic carbocycles. The Bertz CT molecular complexity index is 1240. The van der Waals surface area contributed by atoms with Crippen molar-refractivity contribution in [2.24, 2.45) is 0 Å². The number of para-hydroxylation sites is 1. The Morgan fingerprint density at radius 1 is 1.10 bits per heavy atom. The van der Waals surface area contributed by atoms with Crippen LogP contribution in [0, 0.1) is 0 Å². The third-order valence-electron chi connectivity index (χ3n) is 5.71. The average Bonchev–Trinajstić information content (AvgIpc) is 3.50. The molecule has 5 rings (SSSR count). The third kappa shape index (κ3) is 3.36. The molecule has 7 heteroatoms. The van der Waals surface area contributed by atoms with Gasteiger partial charge in [-0.05, 0) is 25.0 Å². The van der Waals surface area contributed by atoms with Gasteiger partial charge in [-0.15, -0.1) is 0 Å². The molecule has 1 saturated heterocycles. The van der Waals surface area contributed by atoms with E-state index < -0.39 is 0 Å². The summed E-state index contributed by atoms with van der Waals surface area (Å²) >= 11 is 0. The van der Waals surface area contributed by atoms with Crippen LogP contribution in [0.5, 0.6) is 0 Å². The molecule has 4 aromatic rings. The number of benzene rings is 2. The lowest BCUT2D eigenvalue weighted by atomic mass is 10.0. The number of fused-ring (bicyclic) bond motifs is 1. The van der Waals surface area contributed by atoms with Gasteiger partial charge < -0.3 is 19.5 Å². The smallest absolute Gasteiger partial charge is 0.293 e. The summed E-state index contributed by atoms with van der Waals surface area (Å²) in [5, 5.41) is 0. The van der Waals surface area contributed by atoms with Gasteiger partial charge in [0.05, 0.1) is 5.56 Å². The van der Waals surface area contributed by atoms with Crippen molar-refractivity contribution in [3.05, 3.63) is 65.7 Å². The number of aromatic nitrogens is 2. The molecule has 2 N–H and O–H groups in total. The summed E-state index contributed by atoms with van der Waals surface area (Å²) in [6.07, 6.45) is 1.68. The van der Waals surface area contributed by atoms with E-state index in [-0.39, 0.29) is 23.9 Å². The lowest BCUT2D eigenvalue weighted by molar-refractivity contribution is 0.0716. The van der Waals surface area contributed by atoms with Crippen molar-refractivity contribution in [3.8, 4) is 11.3 Å². The Hall–Kier alpha value is -3.61. The molecule has 0 bridgehead atoms. The molecule has 0 saturated carbocycles. The van der Waals surface area contributed by atoms with Gasteiger partial charge in [-0.1, -0.05) is 50.2 Å². The number of carbonyl (C=O) groups is 1. The molecular formula is C24H24N4O3. The van der Waals surface area contributed by atoms with Crippen molar-refractivity contribution < 1.29 is 13.6 Å². The summed E-state index contributed by atoms with van der Waals surface area (Å²) < 4.78 is 11.7. The highest BCUT2D eigenvalue weighted by atomic mass is 16.4. The van der Waals surface area contributed by atoms with Crippen molar-refractivity contribution in [1.82, 2.24) is 14.9 Å². The summed E-state index contributed by atoms with van der Waals surface area (Å²) in [4.78, 5) is 24.4. The first-order valence-electron chi connectivity index (χ1n) is 10.5. The fourth-order valence-electron chi connectivity index (χ4n) is 4.25. The molecule has 0 radical (unpaired) electrons. The zero-order chi connectivity index (χ0) is 21.5. The highest BCUT2D eigenvalue weighted by Crippen LogP contribution is 2.38. The van der Waals surface area contributed by atoms with Crippen LogP contribution in [0.2, 0.25) is 0 Å². The van der Waals surface area contributed by atoms with Crippen molar-refractivity contribution in [3.63, 3.8) is 0 Å². The Morgan fingerprint density at radius 2 is 1.90 bits per heavy atom. The average molecular weight is 416 g/mol. The Morgan fingerprint density at radius 3 is 2.68 bits per heavy atom. The number of nitrogens with two attached hydrogens (primary N) is 1. The van der Waals surface area contributed by atoms with E-state index in [1.54, 1.807) is 18.2 Å². The van der Waals surface area contributed by atoms with Crippen LogP contribution >= 0.6 is 0 Å². The van der Waals surface area contributed by atoms with E-state index in [1.807, 2.05) is 35.2 Å². The normalized spacial score (nSPS) is 16.5. The topological polar surface area (TPSA) is 98.4 Å². The lowest BCUT2D eigenvalue weighted by Crippen LogP contribution is -2.31. The molecule has 7 nitrogen and oxygen atoms in total. The predicted molar refractivity (Wildman–Crippen MR) is 117 cm³/mol. The molecule has 158 valence electrons. The standard InChI is InChI=1S/C24H24N4O3/c1-14(2)21-19(15-8-4-3-5-9-15)26-22(31-21)17-11-7-13-28(17)23(29)16-10-6-12-18-20(16)27-24(25)30-18/h3-6,8-10,12,14,17H,7,11,13H2,1-2H3,(H2,25,27). The number of carbonyl (C=O) groups excluding carboxylic acids is 1. The van der Waals surface area contributed by atoms with Gasteiger partial charge in [0.15, 0.2) is 5.58 Å². The van der Waals surface area contributed by atoms with Crippen molar-refractivity contribution in [1.29, 1.82) is 0 Å². The van der Waals surface area contributed by atoms with E-state index in [0.29, 0.717) is 29.1 Å². The predicted octanol–water partition coefficient (Wildman–Crippen LogP) is 5.17. The minimum atomic E-state index is -0.220. The maximum absolute atomic E-state index is 13.5. The van der Waals surface area contributed by atoms with E-state index in [0.717, 1.165) is 29.9 Å². The zero-order valence-electron chi connectivity index (χ0n) is 17.5. The minimum Gasteiger partial charge on any atom is -0.442 e. The maximum atomic E-state index is 13.5. The highest BCUT2D eigenvalue weighted by Gasteiger charge is 2.36. The number of amides is 1. The molecule has 1 fully saturated rings. The first kappa shape index (κ1) is 19.4. The van der Waals surface area contributed by atoms with Gasteiger partial charge in [-0.2, -0.15) is 4.98 Å². The van der Waals surface area contributed by atoms with Crippen LogP contribution in [0.3, 0.4) is 0 Å². The number of hydrogen-bond acceptors (Lipinski definition) is 6. The van der Waals surface area contributed by atoms with Gasteiger partial charge in [-0.3, -0.25) is 4.79 Å². The molecule has 31 heavy (non-hydrogen) atoms. The van der Waals surface area contributed by atoms with Crippen LogP contribution in [0.1, 0.15) is 60.7 Å². The van der Waals surface area contributed by atoms with Crippen LogP contribution in [-0.2, 0) is 0 Å². The van der Waals surface area contributed by atoms with Crippen LogP contribution in [0.15, 0.2) is 57.4 Å². The summed E-state index contributed by atoms with van der Waals surface area (Å²) in [7, 11) is 0. The number of oxazole rings is 2. The molecule has 2 aromatic heterocycles. The second kappa shape index (κ2) is 7.58. The number of likely N-dealkylation sites (tertiary alicyclic amines) is 1. The van der Waals surface area contributed by atoms with Crippen molar-refractivity contribution in [2.45, 2.75) is 38.6 Å². The molecule has 1 aliphatic rings. The van der Waals surface area contributed by atoms with Crippen molar-refractivity contribution >= 4 is 23.0 Å². The zero-order valence-corrected chi connectivity index (χ0v) is 17.5. The monoisotopic (exact) mass is 416 g/mol. The van der Waals surface area contributed by atoms with Gasteiger partial charge in [0.2, 0.25) is 5.89 Å². The SMILES string of the molecule is CC(C)c1oc(C2CCCN2C(=O)c2cccc3oc(N)nc23)nc1-c1ccccc1. The van der Waals surface area contributed by atoms with E-state index in [4.69, 9.17) is 19.6 Å². The van der Waals surface area contributed by atoms with Crippen LogP contribution in [0.4, 0.5) is 6.01 Å². The minimum absolute atomic E-state index is 0.0509. The Balaban J connectivity index is 1.53. The van der Waals surface area contributed by atoms with Gasteiger partial charge in [0.1, 0.15) is 23.0 Å². The molecule has 3 heterocycles. The molecule has 1 atom stereocenters. The van der Waals surface area contributed by atoms with Gasteiger partial charge in [0, 0.05) is 18.0 Å².